The van der Waals surface area contributed by atoms with Gasteiger partial charge in [-0.2, -0.15) is 0 Å². The zero-order valence-electron chi connectivity index (χ0n) is 10.5. The van der Waals surface area contributed by atoms with E-state index in [2.05, 4.69) is 4.98 Å². The van der Waals surface area contributed by atoms with Crippen molar-refractivity contribution in [3.8, 4) is 0 Å². The van der Waals surface area contributed by atoms with E-state index in [4.69, 9.17) is 16.3 Å². The molecule has 5 heteroatoms. The van der Waals surface area contributed by atoms with Gasteiger partial charge in [0.25, 0.3) is 0 Å². The third-order valence-electron chi connectivity index (χ3n) is 2.28. The van der Waals surface area contributed by atoms with Crippen LogP contribution in [0.5, 0.6) is 0 Å². The van der Waals surface area contributed by atoms with Gasteiger partial charge in [0, 0.05) is 12.6 Å². The van der Waals surface area contributed by atoms with E-state index in [1.54, 1.807) is 18.0 Å². The Morgan fingerprint density at radius 2 is 2.22 bits per heavy atom. The number of nitrogens with zero attached hydrogens (tertiary/aromatic N) is 1. The third-order valence-corrected chi connectivity index (χ3v) is 3.53. The highest BCUT2D eigenvalue weighted by atomic mass is 35.5. The maximum absolute atomic E-state index is 11.1. The topological polar surface area (TPSA) is 39.2 Å². The van der Waals surface area contributed by atoms with Gasteiger partial charge in [-0.25, -0.2) is 4.98 Å². The minimum absolute atomic E-state index is 0.0930. The summed E-state index contributed by atoms with van der Waals surface area (Å²) in [6.07, 6.45) is 5.20. The summed E-state index contributed by atoms with van der Waals surface area (Å²) < 4.78 is 4.86. The first-order chi connectivity index (χ1) is 8.72. The average molecular weight is 288 g/mol. The maximum atomic E-state index is 11.1. The van der Waals surface area contributed by atoms with Crippen LogP contribution in [0.15, 0.2) is 23.4 Å². The van der Waals surface area contributed by atoms with Crippen molar-refractivity contribution in [2.45, 2.75) is 37.6 Å². The minimum Gasteiger partial charge on any atom is -0.466 e. The quantitative estimate of drug-likeness (QED) is 0.412. The number of carbonyl (C=O) groups excluding carboxylic acids is 1. The first-order valence-electron chi connectivity index (χ1n) is 6.12. The molecule has 1 heterocycles. The fraction of sp³-hybridized carbons (Fsp3) is 0.538. The van der Waals surface area contributed by atoms with Crippen LogP contribution in [0.1, 0.15) is 32.6 Å². The smallest absolute Gasteiger partial charge is 0.305 e. The number of hydrogen-bond acceptors (Lipinski definition) is 4. The van der Waals surface area contributed by atoms with Crippen molar-refractivity contribution in [1.29, 1.82) is 0 Å². The summed E-state index contributed by atoms with van der Waals surface area (Å²) in [7, 11) is 0. The summed E-state index contributed by atoms with van der Waals surface area (Å²) in [6.45, 7) is 2.30. The first-order valence-corrected chi connectivity index (χ1v) is 7.48. The Morgan fingerprint density at radius 1 is 1.39 bits per heavy atom. The molecule has 3 nitrogen and oxygen atoms in total. The summed E-state index contributed by atoms with van der Waals surface area (Å²) in [5.41, 5.74) is 0. The van der Waals surface area contributed by atoms with Crippen molar-refractivity contribution >= 4 is 29.3 Å². The van der Waals surface area contributed by atoms with Gasteiger partial charge < -0.3 is 4.74 Å². The van der Waals surface area contributed by atoms with E-state index in [9.17, 15) is 4.79 Å². The van der Waals surface area contributed by atoms with Crippen LogP contribution in [0.2, 0.25) is 5.02 Å². The molecule has 0 atom stereocenters. The van der Waals surface area contributed by atoms with Gasteiger partial charge in [0.05, 0.1) is 16.7 Å². The second-order valence-corrected chi connectivity index (χ2v) is 5.33. The van der Waals surface area contributed by atoms with E-state index >= 15 is 0 Å². The molecule has 1 aromatic heterocycles. The van der Waals surface area contributed by atoms with Crippen molar-refractivity contribution in [3.05, 3.63) is 23.4 Å². The lowest BCUT2D eigenvalue weighted by Gasteiger charge is -2.02. The zero-order valence-corrected chi connectivity index (χ0v) is 12.1. The fourth-order valence-corrected chi connectivity index (χ4v) is 2.37. The largest absolute Gasteiger partial charge is 0.466 e. The Hall–Kier alpha value is -0.740. The van der Waals surface area contributed by atoms with Crippen LogP contribution in [0.4, 0.5) is 0 Å². The molecule has 0 spiro atoms. The van der Waals surface area contributed by atoms with Gasteiger partial charge in [-0.15, -0.1) is 11.8 Å². The number of carbonyl (C=O) groups is 1. The Labute approximate surface area is 117 Å². The highest BCUT2D eigenvalue weighted by Gasteiger charge is 2.01. The molecule has 0 fully saturated rings. The van der Waals surface area contributed by atoms with E-state index in [0.29, 0.717) is 18.1 Å². The number of unbranched alkanes of at least 4 members (excludes halogenated alkanes) is 2. The van der Waals surface area contributed by atoms with Gasteiger partial charge in [-0.1, -0.05) is 18.0 Å². The summed E-state index contributed by atoms with van der Waals surface area (Å²) in [5.74, 6) is 0.918. The molecule has 0 saturated heterocycles. The number of halogens is 1. The molecule has 0 amide bonds. The van der Waals surface area contributed by atoms with Crippen LogP contribution in [0, 0.1) is 0 Å². The molecule has 0 aliphatic rings. The van der Waals surface area contributed by atoms with Crippen LogP contribution < -0.4 is 0 Å². The second-order valence-electron chi connectivity index (χ2n) is 3.78. The SMILES string of the molecule is CCOC(=O)CCCCCSc1ccc(Cl)cn1. The summed E-state index contributed by atoms with van der Waals surface area (Å²) >= 11 is 7.47. The van der Waals surface area contributed by atoms with E-state index < -0.39 is 0 Å². The molecule has 0 N–H and O–H groups in total. The van der Waals surface area contributed by atoms with Crippen molar-refractivity contribution < 1.29 is 9.53 Å². The van der Waals surface area contributed by atoms with Crippen molar-refractivity contribution in [1.82, 2.24) is 4.98 Å². The Bertz CT molecular complexity index is 357. The molecule has 0 bridgehead atoms. The van der Waals surface area contributed by atoms with Gasteiger partial charge in [-0.05, 0) is 37.7 Å². The monoisotopic (exact) mass is 287 g/mol. The average Bonchev–Trinajstić information content (AvgIpc) is 2.36. The Balaban J connectivity index is 2.02. The van der Waals surface area contributed by atoms with Crippen LogP contribution in [0.25, 0.3) is 0 Å². The number of thioether (sulfide) groups is 1. The van der Waals surface area contributed by atoms with E-state index in [-0.39, 0.29) is 5.97 Å². The normalized spacial score (nSPS) is 10.3. The molecule has 0 aromatic carbocycles. The van der Waals surface area contributed by atoms with E-state index in [1.807, 2.05) is 19.1 Å². The van der Waals surface area contributed by atoms with Crippen molar-refractivity contribution in [2.75, 3.05) is 12.4 Å². The Kier molecular flexibility index (Phi) is 7.85. The lowest BCUT2D eigenvalue weighted by molar-refractivity contribution is -0.143. The third kappa shape index (κ3) is 6.87. The fourth-order valence-electron chi connectivity index (χ4n) is 1.41. The number of rotatable bonds is 8. The standard InChI is InChI=1S/C13H18ClNO2S/c1-2-17-13(16)6-4-3-5-9-18-12-8-7-11(14)10-15-12/h7-8,10H,2-6,9H2,1H3. The summed E-state index contributed by atoms with van der Waals surface area (Å²) in [4.78, 5) is 15.3. The molecule has 0 unspecified atom stereocenters. The zero-order chi connectivity index (χ0) is 13.2. The molecule has 18 heavy (non-hydrogen) atoms. The lowest BCUT2D eigenvalue weighted by atomic mass is 10.2. The predicted molar refractivity (Wildman–Crippen MR) is 75.1 cm³/mol. The van der Waals surface area contributed by atoms with Gasteiger partial charge in [0.15, 0.2) is 0 Å². The Morgan fingerprint density at radius 3 is 2.89 bits per heavy atom. The van der Waals surface area contributed by atoms with Crippen LogP contribution in [0.3, 0.4) is 0 Å². The number of aromatic nitrogens is 1. The highest BCUT2D eigenvalue weighted by molar-refractivity contribution is 7.99. The van der Waals surface area contributed by atoms with Gasteiger partial charge >= 0.3 is 5.97 Å². The van der Waals surface area contributed by atoms with Crippen LogP contribution in [-0.4, -0.2) is 23.3 Å². The molecule has 0 aliphatic carbocycles. The molecule has 100 valence electrons. The number of ether oxygens (including phenoxy) is 1. The predicted octanol–water partition coefficient (Wildman–Crippen LogP) is 3.95. The van der Waals surface area contributed by atoms with Gasteiger partial charge in [0.1, 0.15) is 0 Å². The molecule has 0 saturated carbocycles. The van der Waals surface area contributed by atoms with Gasteiger partial charge in [-0.3, -0.25) is 4.79 Å². The number of hydrogen-bond donors (Lipinski definition) is 0. The first kappa shape index (κ1) is 15.3. The summed E-state index contributed by atoms with van der Waals surface area (Å²) in [6, 6.07) is 3.77. The molecule has 1 aromatic rings. The maximum Gasteiger partial charge on any atom is 0.305 e. The molecule has 0 radical (unpaired) electrons. The van der Waals surface area contributed by atoms with Crippen LogP contribution in [-0.2, 0) is 9.53 Å². The second kappa shape index (κ2) is 9.22. The van der Waals surface area contributed by atoms with E-state index in [0.717, 1.165) is 30.0 Å². The van der Waals surface area contributed by atoms with Crippen molar-refractivity contribution in [3.63, 3.8) is 0 Å². The highest BCUT2D eigenvalue weighted by Crippen LogP contribution is 2.19. The van der Waals surface area contributed by atoms with E-state index in [1.165, 1.54) is 0 Å². The molecule has 0 aliphatic heterocycles. The lowest BCUT2D eigenvalue weighted by Crippen LogP contribution is -2.03. The van der Waals surface area contributed by atoms with Gasteiger partial charge in [0.2, 0.25) is 0 Å². The van der Waals surface area contributed by atoms with Crippen LogP contribution >= 0.6 is 23.4 Å². The molecular weight excluding hydrogens is 270 g/mol. The minimum atomic E-state index is -0.0930. The number of pyridine rings is 1. The number of esters is 1. The van der Waals surface area contributed by atoms with Crippen molar-refractivity contribution in [2.24, 2.45) is 0 Å². The summed E-state index contributed by atoms with van der Waals surface area (Å²) in [5, 5.41) is 1.65. The molecular formula is C13H18ClNO2S. The molecule has 1 rings (SSSR count).